The maximum Gasteiger partial charge on any atom is 0.335 e. The highest BCUT2D eigenvalue weighted by molar-refractivity contribution is 5.88. The van der Waals surface area contributed by atoms with E-state index in [4.69, 9.17) is 70.8 Å². The molecule has 2 aliphatic heterocycles. The third-order valence-corrected chi connectivity index (χ3v) is 10.0. The van der Waals surface area contributed by atoms with Crippen LogP contribution in [0.3, 0.4) is 0 Å². The van der Waals surface area contributed by atoms with Gasteiger partial charge in [-0.05, 0) is 58.7 Å². The van der Waals surface area contributed by atoms with Gasteiger partial charge in [0.25, 0.3) is 21.7 Å². The first-order valence-corrected chi connectivity index (χ1v) is 19.1. The van der Waals surface area contributed by atoms with Crippen molar-refractivity contribution in [2.75, 3.05) is 24.0 Å². The Hall–Kier alpha value is -9.92. The maximum absolute atomic E-state index is 11.6. The van der Waals surface area contributed by atoms with Crippen LogP contribution in [0.5, 0.6) is 0 Å². The van der Waals surface area contributed by atoms with E-state index in [9.17, 15) is 19.8 Å². The number of hydrogen-bond donors (Lipinski definition) is 4. The van der Waals surface area contributed by atoms with E-state index in [0.717, 1.165) is 56.2 Å². The van der Waals surface area contributed by atoms with Crippen LogP contribution >= 0.6 is 0 Å². The summed E-state index contributed by atoms with van der Waals surface area (Å²) in [7, 11) is 3.30. The molecule has 0 radical (unpaired) electrons. The van der Waals surface area contributed by atoms with Gasteiger partial charge in [-0.15, -0.1) is 20.2 Å². The number of carbonyl (C=O) groups is 2. The number of nitrogens with zero attached hydrogens (tertiary/aromatic N) is 6. The van der Waals surface area contributed by atoms with Crippen molar-refractivity contribution in [2.45, 2.75) is 24.9 Å². The zero-order valence-electron chi connectivity index (χ0n) is 35.3. The van der Waals surface area contributed by atoms with Crippen LogP contribution in [0.2, 0.25) is 0 Å². The van der Waals surface area contributed by atoms with Crippen molar-refractivity contribution in [2.24, 2.45) is 0 Å². The van der Waals surface area contributed by atoms with Crippen molar-refractivity contribution in [1.29, 1.82) is 0 Å². The fraction of sp³-hybridized carbons (Fsp3) is 0.136. The molecule has 4 aromatic carbocycles. The van der Waals surface area contributed by atoms with Crippen molar-refractivity contribution < 1.29 is 60.0 Å². The molecule has 4 N–H and O–H groups in total. The molecular formula is C44H36N6O18. The molecule has 2 unspecified atom stereocenters. The highest BCUT2D eigenvalue weighted by atomic mass is 16.9. The van der Waals surface area contributed by atoms with Crippen LogP contribution in [-0.2, 0) is 22.6 Å². The van der Waals surface area contributed by atoms with Gasteiger partial charge in [-0.1, -0.05) is 60.7 Å². The van der Waals surface area contributed by atoms with Crippen LogP contribution in [0.4, 0.5) is 11.4 Å². The van der Waals surface area contributed by atoms with Crippen LogP contribution < -0.4 is 9.80 Å². The lowest BCUT2D eigenvalue weighted by Crippen LogP contribution is -2.37. The Morgan fingerprint density at radius 2 is 1.03 bits per heavy atom. The zero-order valence-corrected chi connectivity index (χ0v) is 35.3. The SMILES string of the molecule is COC1=[C+]C2=C(C=C1)N(Cc1ccc(C(=O)O)cc1)c1ccccc1C2C1C2=[C+]C(OC)=CC=C2N(Cc2ccc(C(=O)O)cc2)c2ccccc21.O=[N+]([O-])O.O=[N+]([O-])O.O=[N+]([O-])[O-].O=[N+]([O-])[O-]. The van der Waals surface area contributed by atoms with E-state index in [2.05, 4.69) is 70.5 Å². The molecule has 0 saturated heterocycles. The second kappa shape index (κ2) is 23.1. The van der Waals surface area contributed by atoms with Gasteiger partial charge in [-0.3, -0.25) is 9.80 Å². The quantitative estimate of drug-likeness (QED) is 0.0736. The molecular weight excluding hydrogens is 901 g/mol. The summed E-state index contributed by atoms with van der Waals surface area (Å²) in [6, 6.07) is 30.9. The molecule has 0 aromatic heterocycles. The Kier molecular flexibility index (Phi) is 17.3. The van der Waals surface area contributed by atoms with E-state index in [1.165, 1.54) is 0 Å². The van der Waals surface area contributed by atoms with Crippen molar-refractivity contribution >= 4 is 23.3 Å². The van der Waals surface area contributed by atoms with Crippen molar-refractivity contribution in [3.63, 3.8) is 0 Å². The van der Waals surface area contributed by atoms with E-state index in [-0.39, 0.29) is 23.0 Å². The fourth-order valence-corrected chi connectivity index (χ4v) is 7.62. The average Bonchev–Trinajstić information content (AvgIpc) is 3.28. The van der Waals surface area contributed by atoms with Gasteiger partial charge >= 0.3 is 11.9 Å². The second-order valence-corrected chi connectivity index (χ2v) is 13.8. The first-order chi connectivity index (χ1) is 32.3. The normalized spacial score (nSPS) is 15.3. The number of methoxy groups -OCH3 is 2. The van der Waals surface area contributed by atoms with E-state index in [1.807, 2.05) is 48.6 Å². The predicted octanol–water partition coefficient (Wildman–Crippen LogP) is 7.13. The van der Waals surface area contributed by atoms with Gasteiger partial charge in [0.05, 0.1) is 108 Å². The van der Waals surface area contributed by atoms with E-state index < -0.39 is 32.3 Å². The highest BCUT2D eigenvalue weighted by Gasteiger charge is 2.51. The highest BCUT2D eigenvalue weighted by Crippen LogP contribution is 2.58. The number of rotatable bonds is 9. The molecule has 2 atom stereocenters. The van der Waals surface area contributed by atoms with Gasteiger partial charge in [0.1, 0.15) is 0 Å². The molecule has 0 amide bonds. The summed E-state index contributed by atoms with van der Waals surface area (Å²) in [4.78, 5) is 60.9. The third kappa shape index (κ3) is 13.1. The minimum atomic E-state index is -1.75. The first-order valence-electron chi connectivity index (χ1n) is 19.1. The third-order valence-electron chi connectivity index (χ3n) is 10.0. The van der Waals surface area contributed by atoms with Gasteiger partial charge in [0.15, 0.2) is 22.5 Å². The topological polar surface area (TPSA) is 359 Å². The molecule has 2 aliphatic carbocycles. The molecule has 4 aliphatic rings. The minimum Gasteiger partial charge on any atom is -0.478 e. The number of allylic oxidation sites excluding steroid dienone is 8. The van der Waals surface area contributed by atoms with E-state index in [0.29, 0.717) is 24.6 Å². The average molecular weight is 937 g/mol. The number of carboxylic acid groups (broad SMARTS) is 2. The largest absolute Gasteiger partial charge is 0.478 e. The van der Waals surface area contributed by atoms with Crippen LogP contribution in [0, 0.1) is 63.0 Å². The lowest BCUT2D eigenvalue weighted by atomic mass is 9.67. The molecule has 0 saturated carbocycles. The molecule has 24 nitrogen and oxygen atoms in total. The van der Waals surface area contributed by atoms with Crippen LogP contribution in [0.15, 0.2) is 155 Å². The summed E-state index contributed by atoms with van der Waals surface area (Å²) in [6.07, 6.45) is 15.3. The smallest absolute Gasteiger partial charge is 0.335 e. The van der Waals surface area contributed by atoms with Crippen molar-refractivity contribution in [1.82, 2.24) is 0 Å². The maximum atomic E-state index is 11.6. The van der Waals surface area contributed by atoms with Gasteiger partial charge < -0.3 is 60.7 Å². The zero-order chi connectivity index (χ0) is 50.2. The predicted molar refractivity (Wildman–Crippen MR) is 236 cm³/mol. The number of carboxylic acids is 2. The standard InChI is InChI=1S/C44H32N2O6.2HNO3.2NO3/c1-51-31-19-21-39-35(23-31)41(33-7-3-5-9-37(33)45(39)25-27-11-15-29(16-12-27)43(47)48)42-34-8-4-6-10-38(34)46(40-22-20-32(52-2)24-36(40)42)26-28-13-17-30(18-14-28)44(49)50;4*2-1(3)4/h3-22,41-42H,25-26H2,1-2H3;2*(H,2,3,4);;/q;;;2*-1/p+2. The van der Waals surface area contributed by atoms with E-state index in [1.54, 1.807) is 38.5 Å². The number of fused-ring (bicyclic) bond motifs is 3. The molecule has 24 heteroatoms. The lowest BCUT2D eigenvalue weighted by Gasteiger charge is -2.41. The number of anilines is 2. The summed E-state index contributed by atoms with van der Waals surface area (Å²) >= 11 is 0. The fourth-order valence-electron chi connectivity index (χ4n) is 7.62. The van der Waals surface area contributed by atoms with Gasteiger partial charge in [0, 0.05) is 0 Å². The minimum absolute atomic E-state index is 0.202. The van der Waals surface area contributed by atoms with Crippen molar-refractivity contribution in [3.8, 4) is 0 Å². The van der Waals surface area contributed by atoms with Crippen LogP contribution in [0.1, 0.15) is 54.8 Å². The van der Waals surface area contributed by atoms with Gasteiger partial charge in [-0.2, -0.15) is 0 Å². The lowest BCUT2D eigenvalue weighted by molar-refractivity contribution is -0.742. The van der Waals surface area contributed by atoms with Gasteiger partial charge in [-0.25, -0.2) is 9.59 Å². The Balaban J connectivity index is 0.000000550. The number of ether oxygens (including phenoxy) is 2. The Morgan fingerprint density at radius 1 is 0.603 bits per heavy atom. The summed E-state index contributed by atoms with van der Waals surface area (Å²) in [5, 5.41) is 75.8. The first kappa shape index (κ1) is 50.7. The summed E-state index contributed by atoms with van der Waals surface area (Å²) in [5.41, 5.74) is 10.7. The summed E-state index contributed by atoms with van der Waals surface area (Å²) < 4.78 is 11.5. The Labute approximate surface area is 383 Å². The molecule has 4 aromatic rings. The Bertz CT molecular complexity index is 2680. The van der Waals surface area contributed by atoms with Crippen LogP contribution in [-0.4, -0.2) is 67.1 Å². The molecule has 0 fully saturated rings. The Morgan fingerprint density at radius 3 is 1.47 bits per heavy atom. The molecule has 350 valence electrons. The molecule has 2 heterocycles. The molecule has 0 bridgehead atoms. The van der Waals surface area contributed by atoms with E-state index >= 15 is 0 Å². The molecule has 8 rings (SSSR count). The number of hydrogen-bond acceptors (Lipinski definition) is 16. The molecule has 68 heavy (non-hydrogen) atoms. The molecule has 0 spiro atoms. The van der Waals surface area contributed by atoms with Crippen LogP contribution in [0.25, 0.3) is 0 Å². The monoisotopic (exact) mass is 936 g/mol. The van der Waals surface area contributed by atoms with Crippen molar-refractivity contribution in [3.05, 3.63) is 252 Å². The van der Waals surface area contributed by atoms with Gasteiger partial charge in [0.2, 0.25) is 0 Å². The number of para-hydroxylation sites is 2. The number of aromatic carboxylic acids is 2. The second-order valence-electron chi connectivity index (χ2n) is 13.8. The summed E-state index contributed by atoms with van der Waals surface area (Å²) in [5.74, 6) is -1.07. The number of benzene rings is 4. The summed E-state index contributed by atoms with van der Waals surface area (Å²) in [6.45, 7) is 1.03.